The number of carbonyl (C=O) groups is 2. The van der Waals surface area contributed by atoms with Crippen molar-refractivity contribution in [2.45, 2.75) is 56.0 Å². The monoisotopic (exact) mass is 298 g/mol. The van der Waals surface area contributed by atoms with Crippen molar-refractivity contribution >= 4 is 23.7 Å². The Hall–Kier alpha value is -1.57. The number of thioether (sulfide) groups is 1. The minimum Gasteiger partial charge on any atom is -0.416 e. The van der Waals surface area contributed by atoms with Crippen LogP contribution in [0.2, 0.25) is 0 Å². The van der Waals surface area contributed by atoms with Crippen molar-refractivity contribution in [3.63, 3.8) is 0 Å². The van der Waals surface area contributed by atoms with E-state index in [0.717, 1.165) is 24.6 Å². The summed E-state index contributed by atoms with van der Waals surface area (Å²) in [5, 5.41) is 12.6. The van der Waals surface area contributed by atoms with E-state index < -0.39 is 11.3 Å². The van der Waals surface area contributed by atoms with Crippen LogP contribution >= 0.6 is 11.8 Å². The van der Waals surface area contributed by atoms with E-state index in [1.165, 1.54) is 0 Å². The number of carbonyl (C=O) groups excluding carboxylic acids is 2. The second-order valence-corrected chi connectivity index (χ2v) is 6.35. The van der Waals surface area contributed by atoms with Crippen molar-refractivity contribution in [2.24, 2.45) is 0 Å². The number of nitrogens with one attached hydrogen (secondary N) is 2. The molecule has 1 aliphatic carbocycles. The fourth-order valence-corrected chi connectivity index (χ4v) is 2.17. The van der Waals surface area contributed by atoms with Crippen molar-refractivity contribution in [1.29, 1.82) is 0 Å². The van der Waals surface area contributed by atoms with Crippen molar-refractivity contribution < 1.29 is 14.0 Å². The molecule has 1 aromatic rings. The number of aromatic nitrogens is 2. The first-order valence-electron chi connectivity index (χ1n) is 6.57. The second kappa shape index (κ2) is 6.25. The van der Waals surface area contributed by atoms with E-state index in [1.807, 2.05) is 13.8 Å². The third-order valence-corrected chi connectivity index (χ3v) is 3.59. The normalized spacial score (nSPS) is 16.0. The zero-order valence-electron chi connectivity index (χ0n) is 11.7. The number of imide groups is 1. The Labute approximate surface area is 121 Å². The Morgan fingerprint density at radius 3 is 2.60 bits per heavy atom. The van der Waals surface area contributed by atoms with Crippen LogP contribution in [0, 0.1) is 0 Å². The molecule has 0 aliphatic heterocycles. The van der Waals surface area contributed by atoms with Crippen LogP contribution in [0.3, 0.4) is 0 Å². The number of urea groups is 1. The fourth-order valence-electron chi connectivity index (χ4n) is 1.48. The molecule has 8 heteroatoms. The highest BCUT2D eigenvalue weighted by molar-refractivity contribution is 8.00. The molecule has 1 fully saturated rings. The molecule has 0 aromatic carbocycles. The van der Waals surface area contributed by atoms with Gasteiger partial charge in [-0.3, -0.25) is 10.1 Å². The predicted molar refractivity (Wildman–Crippen MR) is 73.4 cm³/mol. The summed E-state index contributed by atoms with van der Waals surface area (Å²) in [5.41, 5.74) is 0. The smallest absolute Gasteiger partial charge is 0.321 e. The number of hydrogen-bond donors (Lipinski definition) is 2. The maximum atomic E-state index is 11.8. The van der Waals surface area contributed by atoms with Crippen molar-refractivity contribution in [2.75, 3.05) is 0 Å². The van der Waals surface area contributed by atoms with Gasteiger partial charge in [0.2, 0.25) is 11.8 Å². The Morgan fingerprint density at radius 1 is 1.30 bits per heavy atom. The van der Waals surface area contributed by atoms with Crippen LogP contribution in [-0.4, -0.2) is 33.4 Å². The standard InChI is InChI=1S/C12H18N4O3S/c1-6(2)13-11(18)14-9(17)7(3)20-12-16-15-10(19-12)8-4-5-8/h6-8H,4-5H2,1-3H3,(H2,13,14,17,18)/t7-/m1/s1. The molecule has 110 valence electrons. The molecule has 0 spiro atoms. The van der Waals surface area contributed by atoms with Gasteiger partial charge < -0.3 is 9.73 Å². The summed E-state index contributed by atoms with van der Waals surface area (Å²) in [6.45, 7) is 5.32. The van der Waals surface area contributed by atoms with Crippen LogP contribution < -0.4 is 10.6 Å². The topological polar surface area (TPSA) is 97.1 Å². The largest absolute Gasteiger partial charge is 0.416 e. The SMILES string of the molecule is CC(C)NC(=O)NC(=O)[C@@H](C)Sc1nnc(C2CC2)o1. The second-order valence-electron chi connectivity index (χ2n) is 5.06. The van der Waals surface area contributed by atoms with E-state index in [1.54, 1.807) is 6.92 Å². The van der Waals surface area contributed by atoms with Crippen LogP contribution in [0.25, 0.3) is 0 Å². The molecule has 7 nitrogen and oxygen atoms in total. The lowest BCUT2D eigenvalue weighted by molar-refractivity contribution is -0.119. The van der Waals surface area contributed by atoms with Gasteiger partial charge in [-0.25, -0.2) is 4.79 Å². The molecule has 1 heterocycles. The third kappa shape index (κ3) is 4.22. The highest BCUT2D eigenvalue weighted by atomic mass is 32.2. The van der Waals surface area contributed by atoms with Gasteiger partial charge in [0, 0.05) is 12.0 Å². The molecule has 1 aromatic heterocycles. The average molecular weight is 298 g/mol. The first-order valence-corrected chi connectivity index (χ1v) is 7.45. The summed E-state index contributed by atoms with van der Waals surface area (Å²) in [7, 11) is 0. The molecule has 2 rings (SSSR count). The number of rotatable bonds is 5. The van der Waals surface area contributed by atoms with Crippen LogP contribution in [0.1, 0.15) is 45.4 Å². The van der Waals surface area contributed by atoms with Gasteiger partial charge in [0.25, 0.3) is 5.22 Å². The predicted octanol–water partition coefficient (Wildman–Crippen LogP) is 1.66. The van der Waals surface area contributed by atoms with Crippen LogP contribution in [0.15, 0.2) is 9.64 Å². The number of amides is 3. The molecule has 1 aliphatic rings. The van der Waals surface area contributed by atoms with E-state index in [-0.39, 0.29) is 11.9 Å². The molecular formula is C12H18N4O3S. The van der Waals surface area contributed by atoms with Crippen LogP contribution in [-0.2, 0) is 4.79 Å². The first-order chi connectivity index (χ1) is 9.45. The first kappa shape index (κ1) is 14.8. The lowest BCUT2D eigenvalue weighted by atomic mass is 10.4. The van der Waals surface area contributed by atoms with E-state index >= 15 is 0 Å². The van der Waals surface area contributed by atoms with Crippen LogP contribution in [0.4, 0.5) is 4.79 Å². The lowest BCUT2D eigenvalue weighted by Gasteiger charge is -2.11. The Morgan fingerprint density at radius 2 is 2.00 bits per heavy atom. The fraction of sp³-hybridized carbons (Fsp3) is 0.667. The Bertz CT molecular complexity index is 499. The van der Waals surface area contributed by atoms with E-state index in [0.29, 0.717) is 17.0 Å². The number of nitrogens with zero attached hydrogens (tertiary/aromatic N) is 2. The van der Waals surface area contributed by atoms with Gasteiger partial charge in [0.15, 0.2) is 0 Å². The Kier molecular flexibility index (Phi) is 4.64. The minimum absolute atomic E-state index is 0.0252. The summed E-state index contributed by atoms with van der Waals surface area (Å²) in [5.74, 6) is 0.634. The molecular weight excluding hydrogens is 280 g/mol. The molecule has 20 heavy (non-hydrogen) atoms. The Balaban J connectivity index is 1.81. The molecule has 0 radical (unpaired) electrons. The summed E-state index contributed by atoms with van der Waals surface area (Å²) < 4.78 is 5.46. The summed E-state index contributed by atoms with van der Waals surface area (Å²) in [6, 6.07) is -0.524. The minimum atomic E-state index is -0.498. The van der Waals surface area contributed by atoms with Gasteiger partial charge in [0.05, 0.1) is 5.25 Å². The average Bonchev–Trinajstić information content (AvgIpc) is 3.09. The van der Waals surface area contributed by atoms with Crippen molar-refractivity contribution in [1.82, 2.24) is 20.8 Å². The summed E-state index contributed by atoms with van der Waals surface area (Å²) >= 11 is 1.15. The van der Waals surface area contributed by atoms with Gasteiger partial charge in [-0.2, -0.15) is 0 Å². The lowest BCUT2D eigenvalue weighted by Crippen LogP contribution is -2.45. The molecule has 0 bridgehead atoms. The number of hydrogen-bond acceptors (Lipinski definition) is 6. The van der Waals surface area contributed by atoms with Crippen molar-refractivity contribution in [3.8, 4) is 0 Å². The molecule has 1 atom stereocenters. The zero-order chi connectivity index (χ0) is 14.7. The zero-order valence-corrected chi connectivity index (χ0v) is 12.5. The maximum absolute atomic E-state index is 11.8. The third-order valence-electron chi connectivity index (χ3n) is 2.65. The molecule has 3 amide bonds. The van der Waals surface area contributed by atoms with E-state index in [9.17, 15) is 9.59 Å². The van der Waals surface area contributed by atoms with Gasteiger partial charge in [-0.05, 0) is 33.6 Å². The highest BCUT2D eigenvalue weighted by Crippen LogP contribution is 2.40. The molecule has 2 N–H and O–H groups in total. The quantitative estimate of drug-likeness (QED) is 0.802. The summed E-state index contributed by atoms with van der Waals surface area (Å²) in [6.07, 6.45) is 2.16. The van der Waals surface area contributed by atoms with Gasteiger partial charge in [0.1, 0.15) is 0 Å². The van der Waals surface area contributed by atoms with Crippen LogP contribution in [0.5, 0.6) is 0 Å². The van der Waals surface area contributed by atoms with E-state index in [2.05, 4.69) is 20.8 Å². The summed E-state index contributed by atoms with van der Waals surface area (Å²) in [4.78, 5) is 23.2. The maximum Gasteiger partial charge on any atom is 0.321 e. The van der Waals surface area contributed by atoms with Gasteiger partial charge in [-0.15, -0.1) is 10.2 Å². The molecule has 0 unspecified atom stereocenters. The van der Waals surface area contributed by atoms with Gasteiger partial charge in [-0.1, -0.05) is 11.8 Å². The van der Waals surface area contributed by atoms with Gasteiger partial charge >= 0.3 is 6.03 Å². The van der Waals surface area contributed by atoms with E-state index in [4.69, 9.17) is 4.42 Å². The van der Waals surface area contributed by atoms with Crippen molar-refractivity contribution in [3.05, 3.63) is 5.89 Å². The highest BCUT2D eigenvalue weighted by Gasteiger charge is 2.30. The molecule has 0 saturated heterocycles. The molecule has 1 saturated carbocycles.